The van der Waals surface area contributed by atoms with Crippen LogP contribution in [0.1, 0.15) is 49.0 Å². The van der Waals surface area contributed by atoms with Crippen molar-refractivity contribution in [3.8, 4) is 5.75 Å². The number of nitrogens with zero attached hydrogens (tertiary/aromatic N) is 4. The van der Waals surface area contributed by atoms with Crippen molar-refractivity contribution in [2.45, 2.75) is 43.8 Å². The predicted molar refractivity (Wildman–Crippen MR) is 102 cm³/mol. The predicted octanol–water partition coefficient (Wildman–Crippen LogP) is 3.59. The van der Waals surface area contributed by atoms with Crippen LogP contribution in [0.3, 0.4) is 0 Å². The van der Waals surface area contributed by atoms with Crippen molar-refractivity contribution in [3.05, 3.63) is 29.8 Å². The van der Waals surface area contributed by atoms with Crippen molar-refractivity contribution in [1.82, 2.24) is 14.8 Å². The second-order valence-corrected chi connectivity index (χ2v) is 7.69. The standard InChI is InChI=1S/C19H24N4O2S/c1-2-25-16-9-5-14(6-10-16)17(24)13-26-19-21-20-18(22-11-3-4-12-22)23(19)15-7-8-15/h5-6,9-10,15H,2-4,7-8,11-13H2,1H3. The van der Waals surface area contributed by atoms with E-state index >= 15 is 0 Å². The van der Waals surface area contributed by atoms with Crippen molar-refractivity contribution in [2.24, 2.45) is 0 Å². The highest BCUT2D eigenvalue weighted by molar-refractivity contribution is 7.99. The van der Waals surface area contributed by atoms with Crippen molar-refractivity contribution < 1.29 is 9.53 Å². The molecule has 0 atom stereocenters. The number of benzene rings is 1. The number of Topliss-reactive ketones (excluding diaryl/α,β-unsaturated/α-hetero) is 1. The van der Waals surface area contributed by atoms with Gasteiger partial charge in [-0.3, -0.25) is 9.36 Å². The third-order valence-corrected chi connectivity index (χ3v) is 5.71. The Labute approximate surface area is 157 Å². The van der Waals surface area contributed by atoms with Crippen LogP contribution in [0.5, 0.6) is 5.75 Å². The van der Waals surface area contributed by atoms with Gasteiger partial charge in [0.25, 0.3) is 0 Å². The Bertz CT molecular complexity index is 764. The molecule has 2 fully saturated rings. The zero-order valence-electron chi connectivity index (χ0n) is 15.1. The van der Waals surface area contributed by atoms with Crippen molar-refractivity contribution >= 4 is 23.5 Å². The van der Waals surface area contributed by atoms with Crippen LogP contribution in [-0.4, -0.2) is 46.0 Å². The molecule has 0 radical (unpaired) electrons. The molecule has 1 saturated heterocycles. The molecule has 7 heteroatoms. The van der Waals surface area contributed by atoms with Crippen LogP contribution in [0.4, 0.5) is 5.95 Å². The van der Waals surface area contributed by atoms with Gasteiger partial charge in [-0.15, -0.1) is 10.2 Å². The summed E-state index contributed by atoms with van der Waals surface area (Å²) in [6, 6.07) is 7.85. The Kier molecular flexibility index (Phi) is 5.15. The molecule has 1 aromatic heterocycles. The molecule has 4 rings (SSSR count). The van der Waals surface area contributed by atoms with Gasteiger partial charge in [-0.25, -0.2) is 0 Å². The molecule has 2 aliphatic rings. The minimum absolute atomic E-state index is 0.103. The second-order valence-electron chi connectivity index (χ2n) is 6.75. The van der Waals surface area contributed by atoms with Crippen molar-refractivity contribution in [1.29, 1.82) is 0 Å². The van der Waals surface area contributed by atoms with Crippen LogP contribution >= 0.6 is 11.8 Å². The first-order valence-electron chi connectivity index (χ1n) is 9.35. The fourth-order valence-electron chi connectivity index (χ4n) is 3.27. The van der Waals surface area contributed by atoms with Crippen LogP contribution in [0.25, 0.3) is 0 Å². The topological polar surface area (TPSA) is 60.2 Å². The number of ketones is 1. The number of thioether (sulfide) groups is 1. The molecule has 0 unspecified atom stereocenters. The molecule has 1 aliphatic heterocycles. The molecule has 0 amide bonds. The molecule has 26 heavy (non-hydrogen) atoms. The van der Waals surface area contributed by atoms with E-state index in [1.807, 2.05) is 31.2 Å². The first-order chi connectivity index (χ1) is 12.8. The zero-order valence-corrected chi connectivity index (χ0v) is 15.9. The number of carbonyl (C=O) groups excluding carboxylic acids is 1. The van der Waals surface area contributed by atoms with E-state index in [4.69, 9.17) is 4.74 Å². The number of rotatable bonds is 8. The van der Waals surface area contributed by atoms with Gasteiger partial charge in [0.05, 0.1) is 12.4 Å². The molecule has 0 N–H and O–H groups in total. The van der Waals surface area contributed by atoms with Crippen LogP contribution in [0.15, 0.2) is 29.4 Å². The summed E-state index contributed by atoms with van der Waals surface area (Å²) in [6.45, 7) is 4.68. The molecule has 1 aromatic carbocycles. The van der Waals surface area contributed by atoms with E-state index in [0.717, 1.165) is 29.9 Å². The Hall–Kier alpha value is -2.02. The van der Waals surface area contributed by atoms with Crippen LogP contribution in [-0.2, 0) is 0 Å². The Morgan fingerprint density at radius 3 is 2.58 bits per heavy atom. The summed E-state index contributed by atoms with van der Waals surface area (Å²) in [5.74, 6) is 2.26. The molecule has 138 valence electrons. The average molecular weight is 372 g/mol. The summed E-state index contributed by atoms with van der Waals surface area (Å²) >= 11 is 1.49. The Morgan fingerprint density at radius 2 is 1.92 bits per heavy atom. The fourth-order valence-corrected chi connectivity index (χ4v) is 4.17. The number of hydrogen-bond donors (Lipinski definition) is 0. The van der Waals surface area contributed by atoms with Gasteiger partial charge in [0.1, 0.15) is 5.75 Å². The lowest BCUT2D eigenvalue weighted by atomic mass is 10.1. The second kappa shape index (κ2) is 7.70. The van der Waals surface area contributed by atoms with Gasteiger partial charge in [0.15, 0.2) is 10.9 Å². The van der Waals surface area contributed by atoms with E-state index in [0.29, 0.717) is 24.0 Å². The van der Waals surface area contributed by atoms with Crippen LogP contribution < -0.4 is 9.64 Å². The van der Waals surface area contributed by atoms with Gasteiger partial charge in [-0.1, -0.05) is 11.8 Å². The van der Waals surface area contributed by atoms with Crippen molar-refractivity contribution in [2.75, 3.05) is 30.3 Å². The maximum absolute atomic E-state index is 12.5. The normalized spacial score (nSPS) is 16.9. The summed E-state index contributed by atoms with van der Waals surface area (Å²) < 4.78 is 7.68. The van der Waals surface area contributed by atoms with Crippen LogP contribution in [0.2, 0.25) is 0 Å². The molecule has 0 bridgehead atoms. The van der Waals surface area contributed by atoms with E-state index in [1.54, 1.807) is 0 Å². The summed E-state index contributed by atoms with van der Waals surface area (Å²) in [7, 11) is 0. The lowest BCUT2D eigenvalue weighted by molar-refractivity contribution is 0.102. The summed E-state index contributed by atoms with van der Waals surface area (Å²) in [4.78, 5) is 14.8. The van der Waals surface area contributed by atoms with E-state index in [-0.39, 0.29) is 5.78 Å². The third-order valence-electron chi connectivity index (χ3n) is 4.77. The number of hydrogen-bond acceptors (Lipinski definition) is 6. The molecule has 1 aliphatic carbocycles. The molecule has 2 aromatic rings. The largest absolute Gasteiger partial charge is 0.494 e. The number of carbonyl (C=O) groups is 1. The van der Waals surface area contributed by atoms with Gasteiger partial charge in [-0.05, 0) is 56.9 Å². The summed E-state index contributed by atoms with van der Waals surface area (Å²) in [5.41, 5.74) is 0.707. The third kappa shape index (κ3) is 3.72. The minimum atomic E-state index is 0.103. The highest BCUT2D eigenvalue weighted by Crippen LogP contribution is 2.41. The molecule has 6 nitrogen and oxygen atoms in total. The first kappa shape index (κ1) is 17.4. The van der Waals surface area contributed by atoms with E-state index in [1.165, 1.54) is 37.4 Å². The summed E-state index contributed by atoms with van der Waals surface area (Å²) in [5, 5.41) is 9.69. The highest BCUT2D eigenvalue weighted by Gasteiger charge is 2.32. The molecule has 1 saturated carbocycles. The van der Waals surface area contributed by atoms with Crippen molar-refractivity contribution in [3.63, 3.8) is 0 Å². The van der Waals surface area contributed by atoms with Gasteiger partial charge in [0, 0.05) is 24.7 Å². The first-order valence-corrected chi connectivity index (χ1v) is 10.3. The van der Waals surface area contributed by atoms with Crippen LogP contribution in [0, 0.1) is 0 Å². The zero-order chi connectivity index (χ0) is 17.9. The molecule has 2 heterocycles. The molecular formula is C19H24N4O2S. The average Bonchev–Trinajstić information content (AvgIpc) is 3.18. The summed E-state index contributed by atoms with van der Waals surface area (Å²) in [6.07, 6.45) is 4.80. The monoisotopic (exact) mass is 372 g/mol. The number of aromatic nitrogens is 3. The molecular weight excluding hydrogens is 348 g/mol. The van der Waals surface area contributed by atoms with Gasteiger partial charge < -0.3 is 9.64 Å². The van der Waals surface area contributed by atoms with Gasteiger partial charge in [-0.2, -0.15) is 0 Å². The van der Waals surface area contributed by atoms with E-state index in [9.17, 15) is 4.79 Å². The number of ether oxygens (including phenoxy) is 1. The highest BCUT2D eigenvalue weighted by atomic mass is 32.2. The number of anilines is 1. The lowest BCUT2D eigenvalue weighted by Gasteiger charge is -2.17. The molecule has 0 spiro atoms. The van der Waals surface area contributed by atoms with E-state index < -0.39 is 0 Å². The minimum Gasteiger partial charge on any atom is -0.494 e. The van der Waals surface area contributed by atoms with E-state index in [2.05, 4.69) is 19.7 Å². The maximum Gasteiger partial charge on any atom is 0.228 e. The maximum atomic E-state index is 12.5. The Balaban J connectivity index is 1.43. The smallest absolute Gasteiger partial charge is 0.228 e. The SMILES string of the molecule is CCOc1ccc(C(=O)CSc2nnc(N3CCCC3)n2C2CC2)cc1. The Morgan fingerprint density at radius 1 is 1.19 bits per heavy atom. The van der Waals surface area contributed by atoms with Gasteiger partial charge in [0.2, 0.25) is 5.95 Å². The fraction of sp³-hybridized carbons (Fsp3) is 0.526. The quantitative estimate of drug-likeness (QED) is 0.521. The lowest BCUT2D eigenvalue weighted by Crippen LogP contribution is -2.22. The van der Waals surface area contributed by atoms with Gasteiger partial charge >= 0.3 is 0 Å².